The van der Waals surface area contributed by atoms with Gasteiger partial charge >= 0.3 is 5.97 Å². The van der Waals surface area contributed by atoms with Crippen molar-refractivity contribution in [2.75, 3.05) is 40.4 Å². The molecule has 0 heterocycles. The van der Waals surface area contributed by atoms with Crippen LogP contribution in [0.4, 0.5) is 0 Å². The fourth-order valence-electron chi connectivity index (χ4n) is 4.43. The summed E-state index contributed by atoms with van der Waals surface area (Å²) in [6.45, 7) is 1.13. The molecule has 0 radical (unpaired) electrons. The highest BCUT2D eigenvalue weighted by atomic mass is 16.4. The van der Waals surface area contributed by atoms with Crippen LogP contribution in [-0.2, 0) is 4.79 Å². The summed E-state index contributed by atoms with van der Waals surface area (Å²) in [4.78, 5) is 10.3. The van der Waals surface area contributed by atoms with Gasteiger partial charge in [0.05, 0.1) is 25.4 Å². The Bertz CT molecular complexity index is 608. The highest BCUT2D eigenvalue weighted by molar-refractivity contribution is 5.66. The zero-order valence-electron chi connectivity index (χ0n) is 28.6. The van der Waals surface area contributed by atoms with E-state index < -0.39 is 68.0 Å². The third kappa shape index (κ3) is 30.3. The highest BCUT2D eigenvalue weighted by Crippen LogP contribution is 2.13. The van der Waals surface area contributed by atoms with Crippen LogP contribution in [0, 0.1) is 0 Å². The number of unbranched alkanes of at least 4 members (excludes halogenated alkanes) is 14. The SMILES string of the molecule is CCCCCCCCCCCCCCCCCC(=O)O.CNC[C@H](O)[C@@H](O)[C@H](O)[C@H](O)CO.CNC[C@H](O)[C@@H](O)[C@H](O)[C@H](O)CO. The van der Waals surface area contributed by atoms with Crippen LogP contribution in [0.2, 0.25) is 0 Å². The van der Waals surface area contributed by atoms with Gasteiger partial charge in [-0.05, 0) is 20.5 Å². The summed E-state index contributed by atoms with van der Waals surface area (Å²) in [5.74, 6) is -0.653. The number of hydrogen-bond acceptors (Lipinski definition) is 13. The van der Waals surface area contributed by atoms with E-state index in [1.807, 2.05) is 0 Å². The highest BCUT2D eigenvalue weighted by Gasteiger charge is 2.30. The van der Waals surface area contributed by atoms with Crippen LogP contribution < -0.4 is 10.6 Å². The summed E-state index contributed by atoms with van der Waals surface area (Å²) in [6.07, 6.45) is 8.90. The van der Waals surface area contributed by atoms with Crippen molar-refractivity contribution in [1.82, 2.24) is 10.6 Å². The lowest BCUT2D eigenvalue weighted by Gasteiger charge is -2.25. The molecule has 0 aliphatic carbocycles. The van der Waals surface area contributed by atoms with Gasteiger partial charge in [0, 0.05) is 19.5 Å². The molecule has 0 aromatic carbocycles. The smallest absolute Gasteiger partial charge is 0.303 e. The number of rotatable bonds is 28. The van der Waals surface area contributed by atoms with Crippen LogP contribution in [0.5, 0.6) is 0 Å². The van der Waals surface area contributed by atoms with Gasteiger partial charge in [0.15, 0.2) is 0 Å². The first-order chi connectivity index (χ1) is 21.9. The first kappa shape index (κ1) is 49.4. The molecule has 0 fully saturated rings. The normalized spacial score (nSPS) is 16.5. The predicted octanol–water partition coefficient (Wildman–Crippen LogP) is -0.384. The number of carboxylic acid groups (broad SMARTS) is 1. The maximum atomic E-state index is 10.3. The predicted molar refractivity (Wildman–Crippen MR) is 177 cm³/mol. The number of aliphatic carboxylic acids is 1. The lowest BCUT2D eigenvalue weighted by Crippen LogP contribution is -2.48. The van der Waals surface area contributed by atoms with E-state index in [0.717, 1.165) is 12.8 Å². The minimum atomic E-state index is -1.55. The summed E-state index contributed by atoms with van der Waals surface area (Å²) in [5, 5.41) is 103. The first-order valence-electron chi connectivity index (χ1n) is 17.0. The fourth-order valence-corrected chi connectivity index (χ4v) is 4.43. The van der Waals surface area contributed by atoms with Crippen molar-refractivity contribution in [3.8, 4) is 0 Å². The molecule has 0 aliphatic heterocycles. The third-order valence-electron chi connectivity index (χ3n) is 7.47. The second-order valence-electron chi connectivity index (χ2n) is 11.8. The topological polar surface area (TPSA) is 264 Å². The molecule has 13 N–H and O–H groups in total. The molecule has 0 aliphatic rings. The van der Waals surface area contributed by atoms with Crippen molar-refractivity contribution in [3.05, 3.63) is 0 Å². The zero-order valence-corrected chi connectivity index (χ0v) is 28.6. The molecule has 0 rings (SSSR count). The summed E-state index contributed by atoms with van der Waals surface area (Å²) in [5.41, 5.74) is 0. The molecule has 8 atom stereocenters. The van der Waals surface area contributed by atoms with Gasteiger partial charge in [0.25, 0.3) is 0 Å². The molecule has 14 nitrogen and oxygen atoms in total. The summed E-state index contributed by atoms with van der Waals surface area (Å²) in [6, 6.07) is 0. The Morgan fingerprint density at radius 2 is 0.739 bits per heavy atom. The van der Waals surface area contributed by atoms with E-state index in [2.05, 4.69) is 17.6 Å². The van der Waals surface area contributed by atoms with Gasteiger partial charge in [-0.15, -0.1) is 0 Å². The molecule has 0 unspecified atom stereocenters. The van der Waals surface area contributed by atoms with E-state index in [1.165, 1.54) is 83.5 Å². The van der Waals surface area contributed by atoms with Crippen molar-refractivity contribution >= 4 is 5.97 Å². The molecule has 0 amide bonds. The maximum Gasteiger partial charge on any atom is 0.303 e. The van der Waals surface area contributed by atoms with Gasteiger partial charge in [-0.3, -0.25) is 4.79 Å². The Kier molecular flexibility index (Phi) is 37.9. The molecule has 280 valence electrons. The third-order valence-corrected chi connectivity index (χ3v) is 7.47. The van der Waals surface area contributed by atoms with Gasteiger partial charge in [0.1, 0.15) is 36.6 Å². The summed E-state index contributed by atoms with van der Waals surface area (Å²) < 4.78 is 0. The number of likely N-dealkylation sites (N-methyl/N-ethyl adjacent to an activating group) is 2. The second-order valence-corrected chi connectivity index (χ2v) is 11.8. The van der Waals surface area contributed by atoms with Crippen LogP contribution in [-0.4, -0.2) is 151 Å². The molecule has 0 aromatic rings. The largest absolute Gasteiger partial charge is 0.481 e. The van der Waals surface area contributed by atoms with Crippen LogP contribution in [0.15, 0.2) is 0 Å². The Hall–Kier alpha value is -1.01. The molecule has 0 saturated carbocycles. The number of nitrogens with one attached hydrogen (secondary N) is 2. The van der Waals surface area contributed by atoms with Crippen LogP contribution in [0.1, 0.15) is 110 Å². The quantitative estimate of drug-likeness (QED) is 0.0472. The fraction of sp³-hybridized carbons (Fsp3) is 0.969. The standard InChI is InChI=1S/C18H36O2.2C7H17NO5/c1-2-3-4-5-6-7-8-9-10-11-12-13-14-15-16-17-18(19)20;2*1-8-2-4(10)6(12)7(13)5(11)3-9/h2-17H2,1H3,(H,19,20);2*4-13H,2-3H2,1H3/t;2*4-,5+,6+,7+/m.00/s1. The number of hydrogen-bond donors (Lipinski definition) is 13. The van der Waals surface area contributed by atoms with E-state index in [1.54, 1.807) is 14.1 Å². The minimum Gasteiger partial charge on any atom is -0.481 e. The lowest BCUT2D eigenvalue weighted by atomic mass is 10.0. The minimum absolute atomic E-state index is 0.0936. The van der Waals surface area contributed by atoms with Crippen LogP contribution in [0.25, 0.3) is 0 Å². The van der Waals surface area contributed by atoms with Crippen molar-refractivity contribution in [2.45, 2.75) is 158 Å². The van der Waals surface area contributed by atoms with Gasteiger partial charge in [-0.25, -0.2) is 0 Å². The van der Waals surface area contributed by atoms with E-state index >= 15 is 0 Å². The Morgan fingerprint density at radius 3 is 0.978 bits per heavy atom. The Balaban J connectivity index is -0.000000627. The Labute approximate surface area is 276 Å². The molecule has 46 heavy (non-hydrogen) atoms. The number of aliphatic hydroxyl groups excluding tert-OH is 10. The van der Waals surface area contributed by atoms with Crippen molar-refractivity contribution in [2.24, 2.45) is 0 Å². The number of aliphatic hydroxyl groups is 10. The van der Waals surface area contributed by atoms with Crippen molar-refractivity contribution in [3.63, 3.8) is 0 Å². The molecule has 0 bridgehead atoms. The average molecular weight is 675 g/mol. The van der Waals surface area contributed by atoms with Gasteiger partial charge in [-0.2, -0.15) is 0 Å². The molecular weight excluding hydrogens is 604 g/mol. The number of carbonyl (C=O) groups is 1. The van der Waals surface area contributed by atoms with Crippen molar-refractivity contribution < 1.29 is 61.0 Å². The maximum absolute atomic E-state index is 10.3. The van der Waals surface area contributed by atoms with Crippen molar-refractivity contribution in [1.29, 1.82) is 0 Å². The van der Waals surface area contributed by atoms with Crippen LogP contribution in [0.3, 0.4) is 0 Å². The lowest BCUT2D eigenvalue weighted by molar-refractivity contribution is -0.137. The van der Waals surface area contributed by atoms with E-state index in [-0.39, 0.29) is 13.1 Å². The zero-order chi connectivity index (χ0) is 35.8. The monoisotopic (exact) mass is 674 g/mol. The summed E-state index contributed by atoms with van der Waals surface area (Å²) in [7, 11) is 3.15. The molecule has 0 aromatic heterocycles. The molecule has 14 heteroatoms. The van der Waals surface area contributed by atoms with E-state index in [0.29, 0.717) is 6.42 Å². The van der Waals surface area contributed by atoms with Crippen LogP contribution >= 0.6 is 0 Å². The van der Waals surface area contributed by atoms with Gasteiger partial charge in [0.2, 0.25) is 0 Å². The van der Waals surface area contributed by atoms with E-state index in [9.17, 15) is 15.0 Å². The second kappa shape index (κ2) is 35.3. The first-order valence-corrected chi connectivity index (χ1v) is 17.0. The number of carboxylic acids is 1. The Morgan fingerprint density at radius 1 is 0.478 bits per heavy atom. The summed E-state index contributed by atoms with van der Waals surface area (Å²) >= 11 is 0. The van der Waals surface area contributed by atoms with Gasteiger partial charge < -0.3 is 66.8 Å². The van der Waals surface area contributed by atoms with Gasteiger partial charge in [-0.1, -0.05) is 96.8 Å². The average Bonchev–Trinajstić information content (AvgIpc) is 3.04. The molecule has 0 saturated heterocycles. The van der Waals surface area contributed by atoms with E-state index in [4.69, 9.17) is 46.0 Å². The molecule has 0 spiro atoms. The molecular formula is C32H70N2O12.